The molecule has 2 heterocycles. The number of hydrogen-bond donors (Lipinski definition) is 2. The molecule has 2 saturated heterocycles. The highest BCUT2D eigenvalue weighted by Gasteiger charge is 2.32. The minimum atomic E-state index is -0.435. The van der Waals surface area contributed by atoms with Gasteiger partial charge < -0.3 is 25.0 Å². The molecule has 0 radical (unpaired) electrons. The summed E-state index contributed by atoms with van der Waals surface area (Å²) < 4.78 is 11.0. The van der Waals surface area contributed by atoms with Gasteiger partial charge in [-0.1, -0.05) is 0 Å². The average Bonchev–Trinajstić information content (AvgIpc) is 2.46. The van der Waals surface area contributed by atoms with E-state index >= 15 is 0 Å². The number of likely N-dealkylation sites (tertiary alicyclic amines) is 1. The molecule has 0 aromatic heterocycles. The Kier molecular flexibility index (Phi) is 6.89. The minimum absolute atomic E-state index is 0.190. The summed E-state index contributed by atoms with van der Waals surface area (Å²) in [4.78, 5) is 14.1. The lowest BCUT2D eigenvalue weighted by Gasteiger charge is -2.39. The summed E-state index contributed by atoms with van der Waals surface area (Å²) in [6.07, 6.45) is 2.83. The van der Waals surface area contributed by atoms with E-state index in [9.17, 15) is 4.79 Å². The third kappa shape index (κ3) is 6.22. The van der Waals surface area contributed by atoms with Crippen LogP contribution < -0.4 is 10.6 Å². The maximum Gasteiger partial charge on any atom is 0.410 e. The molecule has 2 N–H and O–H groups in total. The van der Waals surface area contributed by atoms with Crippen LogP contribution in [0, 0.1) is 0 Å². The van der Waals surface area contributed by atoms with Crippen LogP contribution in [0.15, 0.2) is 0 Å². The van der Waals surface area contributed by atoms with Crippen molar-refractivity contribution in [3.05, 3.63) is 0 Å². The Labute approximate surface area is 146 Å². The van der Waals surface area contributed by atoms with Crippen LogP contribution in [0.3, 0.4) is 0 Å². The standard InChI is InChI=1S/C18H35N3O3/c1-13(10-16-12-23-9-7-19-16)20-15-6-8-21(14(2)11-15)17(22)24-18(3,4)5/h13-16,19-20H,6-12H2,1-5H3. The van der Waals surface area contributed by atoms with Gasteiger partial charge in [-0.25, -0.2) is 4.79 Å². The van der Waals surface area contributed by atoms with Crippen molar-refractivity contribution >= 4 is 6.09 Å². The Morgan fingerprint density at radius 3 is 2.79 bits per heavy atom. The Hall–Kier alpha value is -0.850. The maximum atomic E-state index is 12.3. The molecule has 6 nitrogen and oxygen atoms in total. The molecule has 0 bridgehead atoms. The smallest absolute Gasteiger partial charge is 0.410 e. The van der Waals surface area contributed by atoms with Crippen LogP contribution >= 0.6 is 0 Å². The van der Waals surface area contributed by atoms with Crippen LogP contribution in [-0.4, -0.2) is 67.1 Å². The number of rotatable bonds is 4. The molecule has 1 amide bonds. The van der Waals surface area contributed by atoms with E-state index in [1.807, 2.05) is 25.7 Å². The van der Waals surface area contributed by atoms with Gasteiger partial charge in [0.05, 0.1) is 13.2 Å². The maximum absolute atomic E-state index is 12.3. The number of hydrogen-bond acceptors (Lipinski definition) is 5. The zero-order chi connectivity index (χ0) is 17.7. The van der Waals surface area contributed by atoms with E-state index in [0.29, 0.717) is 18.1 Å². The fourth-order valence-corrected chi connectivity index (χ4v) is 3.58. The van der Waals surface area contributed by atoms with Crippen LogP contribution in [-0.2, 0) is 9.47 Å². The van der Waals surface area contributed by atoms with Crippen molar-refractivity contribution in [2.24, 2.45) is 0 Å². The van der Waals surface area contributed by atoms with E-state index in [2.05, 4.69) is 24.5 Å². The predicted octanol–water partition coefficient (Wildman–Crippen LogP) is 2.13. The van der Waals surface area contributed by atoms with Crippen molar-refractivity contribution in [2.45, 2.75) is 83.6 Å². The first-order valence-electron chi connectivity index (χ1n) is 9.31. The predicted molar refractivity (Wildman–Crippen MR) is 95.2 cm³/mol. The first-order valence-corrected chi connectivity index (χ1v) is 9.31. The molecule has 4 atom stereocenters. The Bertz CT molecular complexity index is 405. The van der Waals surface area contributed by atoms with Crippen LogP contribution in [0.4, 0.5) is 4.79 Å². The van der Waals surface area contributed by atoms with Gasteiger partial charge in [0.1, 0.15) is 5.60 Å². The molecule has 24 heavy (non-hydrogen) atoms. The molecule has 2 aliphatic rings. The molecule has 4 unspecified atom stereocenters. The van der Waals surface area contributed by atoms with Crippen molar-refractivity contribution in [2.75, 3.05) is 26.3 Å². The number of amides is 1. The van der Waals surface area contributed by atoms with Gasteiger partial charge in [-0.3, -0.25) is 0 Å². The second kappa shape index (κ2) is 8.50. The molecule has 2 fully saturated rings. The van der Waals surface area contributed by atoms with E-state index in [4.69, 9.17) is 9.47 Å². The van der Waals surface area contributed by atoms with E-state index in [0.717, 1.165) is 45.6 Å². The molecule has 2 aliphatic heterocycles. The van der Waals surface area contributed by atoms with E-state index < -0.39 is 5.60 Å². The van der Waals surface area contributed by atoms with Crippen LogP contribution in [0.2, 0.25) is 0 Å². The summed E-state index contributed by atoms with van der Waals surface area (Å²) in [6, 6.07) is 1.54. The number of piperidine rings is 1. The van der Waals surface area contributed by atoms with Crippen molar-refractivity contribution in [3.8, 4) is 0 Å². The van der Waals surface area contributed by atoms with Gasteiger partial charge in [0.2, 0.25) is 0 Å². The first-order chi connectivity index (χ1) is 11.2. The Morgan fingerprint density at radius 1 is 1.46 bits per heavy atom. The highest BCUT2D eigenvalue weighted by atomic mass is 16.6. The monoisotopic (exact) mass is 341 g/mol. The van der Waals surface area contributed by atoms with Gasteiger partial charge in [-0.05, 0) is 53.9 Å². The van der Waals surface area contributed by atoms with Crippen molar-refractivity contribution in [1.29, 1.82) is 0 Å². The van der Waals surface area contributed by atoms with E-state index in [1.54, 1.807) is 0 Å². The molecule has 0 aliphatic carbocycles. The van der Waals surface area contributed by atoms with Crippen LogP contribution in [0.25, 0.3) is 0 Å². The van der Waals surface area contributed by atoms with Gasteiger partial charge in [-0.2, -0.15) is 0 Å². The largest absolute Gasteiger partial charge is 0.444 e. The lowest BCUT2D eigenvalue weighted by molar-refractivity contribution is 0.00881. The second-order valence-electron chi connectivity index (χ2n) is 8.27. The normalized spacial score (nSPS) is 30.0. The highest BCUT2D eigenvalue weighted by Crippen LogP contribution is 2.21. The molecule has 0 spiro atoms. The lowest BCUT2D eigenvalue weighted by atomic mass is 9.97. The second-order valence-corrected chi connectivity index (χ2v) is 8.27. The fourth-order valence-electron chi connectivity index (χ4n) is 3.58. The number of carbonyl (C=O) groups excluding carboxylic acids is 1. The van der Waals surface area contributed by atoms with E-state index in [-0.39, 0.29) is 12.1 Å². The molecule has 6 heteroatoms. The topological polar surface area (TPSA) is 62.8 Å². The lowest BCUT2D eigenvalue weighted by Crippen LogP contribution is -2.53. The minimum Gasteiger partial charge on any atom is -0.444 e. The van der Waals surface area contributed by atoms with Crippen molar-refractivity contribution < 1.29 is 14.3 Å². The van der Waals surface area contributed by atoms with Crippen molar-refractivity contribution in [1.82, 2.24) is 15.5 Å². The van der Waals surface area contributed by atoms with Crippen molar-refractivity contribution in [3.63, 3.8) is 0 Å². The third-order valence-corrected chi connectivity index (χ3v) is 4.66. The van der Waals surface area contributed by atoms with Gasteiger partial charge in [0.15, 0.2) is 0 Å². The summed E-state index contributed by atoms with van der Waals surface area (Å²) in [5.41, 5.74) is -0.435. The first kappa shape index (κ1) is 19.5. The highest BCUT2D eigenvalue weighted by molar-refractivity contribution is 5.68. The average molecular weight is 341 g/mol. The van der Waals surface area contributed by atoms with Gasteiger partial charge >= 0.3 is 6.09 Å². The summed E-state index contributed by atoms with van der Waals surface area (Å²) in [5, 5.41) is 7.24. The summed E-state index contributed by atoms with van der Waals surface area (Å²) >= 11 is 0. The quantitative estimate of drug-likeness (QED) is 0.820. The van der Waals surface area contributed by atoms with Gasteiger partial charge in [-0.15, -0.1) is 0 Å². The zero-order valence-corrected chi connectivity index (χ0v) is 15.9. The molecule has 0 saturated carbocycles. The summed E-state index contributed by atoms with van der Waals surface area (Å²) in [6.45, 7) is 13.4. The molecule has 0 aromatic carbocycles. The Morgan fingerprint density at radius 2 is 2.21 bits per heavy atom. The zero-order valence-electron chi connectivity index (χ0n) is 15.9. The van der Waals surface area contributed by atoms with Crippen LogP contribution in [0.5, 0.6) is 0 Å². The van der Waals surface area contributed by atoms with Gasteiger partial charge in [0, 0.05) is 37.3 Å². The van der Waals surface area contributed by atoms with Crippen LogP contribution in [0.1, 0.15) is 53.9 Å². The molecular formula is C18H35N3O3. The fraction of sp³-hybridized carbons (Fsp3) is 0.944. The molecular weight excluding hydrogens is 306 g/mol. The SMILES string of the molecule is CC(CC1COCCN1)NC1CCN(C(=O)OC(C)(C)C)C(C)C1. The number of nitrogens with zero attached hydrogens (tertiary/aromatic N) is 1. The third-order valence-electron chi connectivity index (χ3n) is 4.66. The molecule has 140 valence electrons. The number of ether oxygens (including phenoxy) is 2. The number of morpholine rings is 1. The summed E-state index contributed by atoms with van der Waals surface area (Å²) in [7, 11) is 0. The summed E-state index contributed by atoms with van der Waals surface area (Å²) in [5.74, 6) is 0. The number of carbonyl (C=O) groups is 1. The molecule has 0 aromatic rings. The van der Waals surface area contributed by atoms with Gasteiger partial charge in [0.25, 0.3) is 0 Å². The van der Waals surface area contributed by atoms with E-state index in [1.165, 1.54) is 0 Å². The Balaban J connectivity index is 1.74. The molecule has 2 rings (SSSR count). The number of nitrogens with one attached hydrogen (secondary N) is 2.